The van der Waals surface area contributed by atoms with Crippen molar-refractivity contribution in [2.45, 2.75) is 6.54 Å². The van der Waals surface area contributed by atoms with E-state index in [2.05, 4.69) is 15.1 Å². The van der Waals surface area contributed by atoms with Crippen LogP contribution in [0.1, 0.15) is 0 Å². The average molecular weight is 258 g/mol. The van der Waals surface area contributed by atoms with Gasteiger partial charge in [-0.2, -0.15) is 4.98 Å². The van der Waals surface area contributed by atoms with Crippen molar-refractivity contribution < 1.29 is 4.79 Å². The van der Waals surface area contributed by atoms with E-state index < -0.39 is 0 Å². The standard InChI is InChI=1S/C9H9N5OS.Na/c1-13(2)9-11-8-10-6-5(3-14(8)12-9)4-16-7(6)15;/h4H,3H2,1-2H3;. The molecule has 0 amide bonds. The van der Waals surface area contributed by atoms with E-state index in [0.29, 0.717) is 24.2 Å². The molecule has 0 saturated carbocycles. The Bertz CT molecular complexity index is 548. The van der Waals surface area contributed by atoms with Gasteiger partial charge in [0, 0.05) is 49.2 Å². The monoisotopic (exact) mass is 258 g/mol. The summed E-state index contributed by atoms with van der Waals surface area (Å²) in [7, 11) is 3.74. The van der Waals surface area contributed by atoms with Gasteiger partial charge in [0.15, 0.2) is 0 Å². The Labute approximate surface area is 124 Å². The third kappa shape index (κ3) is 2.08. The molecular weight excluding hydrogens is 249 g/mol. The van der Waals surface area contributed by atoms with Gasteiger partial charge in [0.05, 0.1) is 6.54 Å². The maximum atomic E-state index is 11.5. The molecule has 1 aromatic rings. The number of anilines is 1. The van der Waals surface area contributed by atoms with Crippen molar-refractivity contribution in [2.75, 3.05) is 19.0 Å². The van der Waals surface area contributed by atoms with Gasteiger partial charge in [-0.3, -0.25) is 4.79 Å². The summed E-state index contributed by atoms with van der Waals surface area (Å²) in [5.74, 6) is 1.12. The topological polar surface area (TPSA) is 63.4 Å². The predicted octanol–water partition coefficient (Wildman–Crippen LogP) is 0.207. The number of thioether (sulfide) groups is 1. The van der Waals surface area contributed by atoms with E-state index in [1.165, 1.54) is 11.8 Å². The zero-order chi connectivity index (χ0) is 11.3. The molecule has 2 aliphatic rings. The summed E-state index contributed by atoms with van der Waals surface area (Å²) in [6.07, 6.45) is 0. The summed E-state index contributed by atoms with van der Waals surface area (Å²) < 4.78 is 1.71. The number of carbonyl (C=O) groups excluding carboxylic acids is 1. The van der Waals surface area contributed by atoms with Crippen molar-refractivity contribution in [1.29, 1.82) is 0 Å². The van der Waals surface area contributed by atoms with Crippen molar-refractivity contribution in [2.24, 2.45) is 4.99 Å². The zero-order valence-corrected chi connectivity index (χ0v) is 12.7. The fourth-order valence-corrected chi connectivity index (χ4v) is 2.28. The van der Waals surface area contributed by atoms with Crippen LogP contribution in [0, 0.1) is 0 Å². The number of fused-ring (bicyclic) bond motifs is 2. The van der Waals surface area contributed by atoms with Crippen molar-refractivity contribution in [3.63, 3.8) is 0 Å². The van der Waals surface area contributed by atoms with Crippen LogP contribution >= 0.6 is 11.8 Å². The molecule has 0 N–H and O–H groups in total. The van der Waals surface area contributed by atoms with E-state index >= 15 is 0 Å². The van der Waals surface area contributed by atoms with Crippen LogP contribution in [0.2, 0.25) is 0 Å². The average Bonchev–Trinajstić information content (AvgIpc) is 2.80. The number of allylic oxidation sites excluding steroid dienone is 1. The van der Waals surface area contributed by atoms with Gasteiger partial charge in [0.2, 0.25) is 11.1 Å². The summed E-state index contributed by atoms with van der Waals surface area (Å²) in [5, 5.41) is 6.13. The molecule has 3 rings (SSSR count). The van der Waals surface area contributed by atoms with Crippen molar-refractivity contribution in [1.82, 2.24) is 14.8 Å². The Kier molecular flexibility index (Phi) is 3.44. The molecule has 0 aliphatic carbocycles. The second kappa shape index (κ2) is 4.56. The molecule has 0 aromatic carbocycles. The van der Waals surface area contributed by atoms with Crippen LogP contribution in [0.5, 0.6) is 0 Å². The Morgan fingerprint density at radius 3 is 2.94 bits per heavy atom. The Hall–Kier alpha value is -0.630. The van der Waals surface area contributed by atoms with Gasteiger partial charge in [-0.1, -0.05) is 11.8 Å². The number of hydrogen-bond donors (Lipinski definition) is 0. The van der Waals surface area contributed by atoms with E-state index in [1.54, 1.807) is 4.68 Å². The molecule has 0 atom stereocenters. The molecule has 0 unspecified atom stereocenters. The summed E-state index contributed by atoms with van der Waals surface area (Å²) in [5.41, 5.74) is 1.45. The van der Waals surface area contributed by atoms with E-state index in [9.17, 15) is 4.79 Å². The Morgan fingerprint density at radius 2 is 2.24 bits per heavy atom. The van der Waals surface area contributed by atoms with E-state index in [-0.39, 0.29) is 34.7 Å². The maximum Gasteiger partial charge on any atom is 0.250 e. The van der Waals surface area contributed by atoms with Crippen LogP contribution in [0.3, 0.4) is 0 Å². The molecule has 0 bridgehead atoms. The number of hydrogen-bond acceptors (Lipinski definition) is 6. The summed E-state index contributed by atoms with van der Waals surface area (Å²) in [4.78, 5) is 21.8. The molecule has 0 fully saturated rings. The quantitative estimate of drug-likeness (QED) is 0.674. The number of carbonyl (C=O) groups is 1. The van der Waals surface area contributed by atoms with E-state index in [4.69, 9.17) is 0 Å². The van der Waals surface area contributed by atoms with Crippen molar-refractivity contribution >= 4 is 64.0 Å². The maximum absolute atomic E-state index is 11.5. The van der Waals surface area contributed by atoms with Crippen LogP contribution in [0.4, 0.5) is 11.9 Å². The molecule has 1 aromatic heterocycles. The molecule has 17 heavy (non-hydrogen) atoms. The fraction of sp³-hybridized carbons (Fsp3) is 0.333. The minimum absolute atomic E-state index is 0. The van der Waals surface area contributed by atoms with Crippen molar-refractivity contribution in [3.8, 4) is 0 Å². The number of aromatic nitrogens is 3. The first-order valence-electron chi connectivity index (χ1n) is 4.76. The minimum atomic E-state index is -0.00402. The van der Waals surface area contributed by atoms with Crippen LogP contribution in [0.15, 0.2) is 16.0 Å². The second-order valence-corrected chi connectivity index (χ2v) is 4.61. The first kappa shape index (κ1) is 12.8. The van der Waals surface area contributed by atoms with Gasteiger partial charge in [-0.15, -0.1) is 5.10 Å². The van der Waals surface area contributed by atoms with Gasteiger partial charge in [-0.05, 0) is 5.41 Å². The molecule has 3 heterocycles. The molecule has 2 aliphatic heterocycles. The Morgan fingerprint density at radius 1 is 1.47 bits per heavy atom. The zero-order valence-electron chi connectivity index (χ0n) is 9.84. The molecule has 0 saturated heterocycles. The van der Waals surface area contributed by atoms with Gasteiger partial charge in [-0.25, -0.2) is 9.67 Å². The molecule has 0 spiro atoms. The number of rotatable bonds is 1. The Balaban J connectivity index is 0.00000108. The molecular formula is C9H9N5NaOS. The van der Waals surface area contributed by atoms with Gasteiger partial charge >= 0.3 is 0 Å². The van der Waals surface area contributed by atoms with Crippen LogP contribution in [0.25, 0.3) is 0 Å². The predicted molar refractivity (Wildman–Crippen MR) is 67.9 cm³/mol. The first-order chi connectivity index (χ1) is 7.65. The van der Waals surface area contributed by atoms with E-state index in [0.717, 1.165) is 5.57 Å². The molecule has 8 heteroatoms. The molecule has 83 valence electrons. The molecule has 1 radical (unpaired) electrons. The van der Waals surface area contributed by atoms with Crippen LogP contribution < -0.4 is 4.90 Å². The van der Waals surface area contributed by atoms with Crippen LogP contribution in [-0.4, -0.2) is 69.2 Å². The third-order valence-corrected chi connectivity index (χ3v) is 3.19. The normalized spacial score (nSPS) is 16.7. The molecule has 6 nitrogen and oxygen atoms in total. The van der Waals surface area contributed by atoms with Gasteiger partial charge in [0.25, 0.3) is 5.95 Å². The number of nitrogens with zero attached hydrogens (tertiary/aromatic N) is 5. The number of aliphatic imine (C=N–C) groups is 1. The SMILES string of the molecule is CN(C)c1nc2n(n1)CC1=CSC(=O)C1=N2.[Na]. The smallest absolute Gasteiger partial charge is 0.250 e. The van der Waals surface area contributed by atoms with Crippen LogP contribution in [-0.2, 0) is 11.3 Å². The minimum Gasteiger partial charge on any atom is -0.346 e. The van der Waals surface area contributed by atoms with Gasteiger partial charge in [0.1, 0.15) is 5.71 Å². The fourth-order valence-electron chi connectivity index (χ4n) is 1.56. The largest absolute Gasteiger partial charge is 0.346 e. The van der Waals surface area contributed by atoms with Gasteiger partial charge < -0.3 is 4.90 Å². The summed E-state index contributed by atoms with van der Waals surface area (Å²) >= 11 is 1.18. The van der Waals surface area contributed by atoms with Crippen molar-refractivity contribution in [3.05, 3.63) is 11.0 Å². The first-order valence-corrected chi connectivity index (χ1v) is 5.64. The van der Waals surface area contributed by atoms with E-state index in [1.807, 2.05) is 24.4 Å². The third-order valence-electron chi connectivity index (χ3n) is 2.38. The summed E-state index contributed by atoms with van der Waals surface area (Å²) in [6.45, 7) is 0.577. The second-order valence-electron chi connectivity index (χ2n) is 3.77. The summed E-state index contributed by atoms with van der Waals surface area (Å²) in [6, 6.07) is 0.